The van der Waals surface area contributed by atoms with E-state index in [2.05, 4.69) is 36.4 Å². The molecule has 3 rings (SSSR count). The fourth-order valence-electron chi connectivity index (χ4n) is 3.50. The number of anilines is 1. The molecule has 1 aliphatic rings. The van der Waals surface area contributed by atoms with Crippen LogP contribution in [0.5, 0.6) is 0 Å². The molecule has 1 N–H and O–H groups in total. The van der Waals surface area contributed by atoms with Gasteiger partial charge in [-0.3, -0.25) is 14.3 Å². The van der Waals surface area contributed by atoms with Gasteiger partial charge in [0, 0.05) is 30.9 Å². The van der Waals surface area contributed by atoms with Crippen LogP contribution >= 0.6 is 0 Å². The Morgan fingerprint density at radius 3 is 2.56 bits per heavy atom. The summed E-state index contributed by atoms with van der Waals surface area (Å²) < 4.78 is 1.89. The molecule has 1 aromatic heterocycles. The molecule has 2 heterocycles. The van der Waals surface area contributed by atoms with Crippen LogP contribution in [-0.4, -0.2) is 34.7 Å². The maximum Gasteiger partial charge on any atom is 0.227 e. The first-order chi connectivity index (χ1) is 12.8. The highest BCUT2D eigenvalue weighted by Crippen LogP contribution is 2.26. The molecule has 6 nitrogen and oxygen atoms in total. The minimum atomic E-state index is -0.303. The first-order valence-corrected chi connectivity index (χ1v) is 9.54. The third kappa shape index (κ3) is 4.38. The summed E-state index contributed by atoms with van der Waals surface area (Å²) in [4.78, 5) is 26.6. The van der Waals surface area contributed by atoms with E-state index in [1.165, 1.54) is 5.56 Å². The van der Waals surface area contributed by atoms with Gasteiger partial charge in [0.25, 0.3) is 0 Å². The molecule has 2 amide bonds. The molecule has 6 heteroatoms. The number of amides is 2. The summed E-state index contributed by atoms with van der Waals surface area (Å²) in [5.74, 6) is 0.0916. The Kier molecular flexibility index (Phi) is 5.63. The van der Waals surface area contributed by atoms with Gasteiger partial charge in [0.2, 0.25) is 11.8 Å². The predicted molar refractivity (Wildman–Crippen MR) is 106 cm³/mol. The van der Waals surface area contributed by atoms with Crippen molar-refractivity contribution in [2.45, 2.75) is 46.6 Å². The molecule has 27 heavy (non-hydrogen) atoms. The topological polar surface area (TPSA) is 67.2 Å². The van der Waals surface area contributed by atoms with Gasteiger partial charge in [0.05, 0.1) is 18.2 Å². The van der Waals surface area contributed by atoms with Crippen LogP contribution in [0.15, 0.2) is 30.3 Å². The smallest absolute Gasteiger partial charge is 0.227 e. The Balaban J connectivity index is 1.54. The maximum absolute atomic E-state index is 12.5. The third-order valence-electron chi connectivity index (χ3n) is 5.09. The van der Waals surface area contributed by atoms with Gasteiger partial charge >= 0.3 is 0 Å². The molecular weight excluding hydrogens is 340 g/mol. The standard InChI is InChI=1S/C21H28N4O2/c1-14(2)17-5-7-19(8-6-17)24-13-18(12-20(24)26)21(27)22-9-10-25-16(4)11-15(3)23-25/h5-8,11,14,18H,9-10,12-13H2,1-4H3,(H,22,27). The lowest BCUT2D eigenvalue weighted by Crippen LogP contribution is -2.35. The Hall–Kier alpha value is -2.63. The zero-order valence-corrected chi connectivity index (χ0v) is 16.5. The van der Waals surface area contributed by atoms with Crippen molar-refractivity contribution in [2.24, 2.45) is 5.92 Å². The van der Waals surface area contributed by atoms with Crippen molar-refractivity contribution in [1.82, 2.24) is 15.1 Å². The van der Waals surface area contributed by atoms with Crippen molar-refractivity contribution in [3.63, 3.8) is 0 Å². The largest absolute Gasteiger partial charge is 0.354 e. The van der Waals surface area contributed by atoms with Crippen LogP contribution in [0.2, 0.25) is 0 Å². The van der Waals surface area contributed by atoms with Gasteiger partial charge < -0.3 is 10.2 Å². The molecule has 1 aromatic carbocycles. The summed E-state index contributed by atoms with van der Waals surface area (Å²) in [7, 11) is 0. The second-order valence-electron chi connectivity index (χ2n) is 7.59. The van der Waals surface area contributed by atoms with Crippen molar-refractivity contribution in [2.75, 3.05) is 18.0 Å². The van der Waals surface area contributed by atoms with Crippen LogP contribution in [-0.2, 0) is 16.1 Å². The highest BCUT2D eigenvalue weighted by Gasteiger charge is 2.34. The number of aromatic nitrogens is 2. The molecule has 0 bridgehead atoms. The van der Waals surface area contributed by atoms with Crippen molar-refractivity contribution in [1.29, 1.82) is 0 Å². The fourth-order valence-corrected chi connectivity index (χ4v) is 3.50. The summed E-state index contributed by atoms with van der Waals surface area (Å²) in [6.07, 6.45) is 0.262. The lowest BCUT2D eigenvalue weighted by Gasteiger charge is -2.18. The summed E-state index contributed by atoms with van der Waals surface area (Å²) in [6, 6.07) is 10.1. The van der Waals surface area contributed by atoms with E-state index in [0.717, 1.165) is 17.1 Å². The highest BCUT2D eigenvalue weighted by molar-refractivity contribution is 6.00. The van der Waals surface area contributed by atoms with E-state index in [0.29, 0.717) is 25.6 Å². The molecule has 0 spiro atoms. The van der Waals surface area contributed by atoms with Crippen molar-refractivity contribution >= 4 is 17.5 Å². The van der Waals surface area contributed by atoms with Gasteiger partial charge in [-0.25, -0.2) is 0 Å². The third-order valence-corrected chi connectivity index (χ3v) is 5.09. The molecule has 0 radical (unpaired) electrons. The molecule has 1 unspecified atom stereocenters. The van der Waals surface area contributed by atoms with E-state index in [-0.39, 0.29) is 24.2 Å². The van der Waals surface area contributed by atoms with Crippen molar-refractivity contribution in [3.05, 3.63) is 47.3 Å². The maximum atomic E-state index is 12.5. The van der Waals surface area contributed by atoms with Gasteiger partial charge in [-0.15, -0.1) is 0 Å². The van der Waals surface area contributed by atoms with Crippen molar-refractivity contribution < 1.29 is 9.59 Å². The van der Waals surface area contributed by atoms with Crippen LogP contribution in [0.4, 0.5) is 5.69 Å². The van der Waals surface area contributed by atoms with E-state index in [4.69, 9.17) is 0 Å². The number of carbonyl (C=O) groups excluding carboxylic acids is 2. The number of nitrogens with zero attached hydrogens (tertiary/aromatic N) is 3. The molecule has 2 aromatic rings. The second kappa shape index (κ2) is 7.94. The average Bonchev–Trinajstić information content (AvgIpc) is 3.17. The van der Waals surface area contributed by atoms with E-state index < -0.39 is 0 Å². The lowest BCUT2D eigenvalue weighted by molar-refractivity contribution is -0.126. The average molecular weight is 368 g/mol. The molecule has 1 aliphatic heterocycles. The molecule has 144 valence electrons. The van der Waals surface area contributed by atoms with Gasteiger partial charge in [-0.2, -0.15) is 5.10 Å². The van der Waals surface area contributed by atoms with Gasteiger partial charge in [0.15, 0.2) is 0 Å². The normalized spacial score (nSPS) is 17.0. The number of aryl methyl sites for hydroxylation is 2. The Morgan fingerprint density at radius 2 is 1.96 bits per heavy atom. The summed E-state index contributed by atoms with van der Waals surface area (Å²) in [5, 5.41) is 7.34. The Morgan fingerprint density at radius 1 is 1.26 bits per heavy atom. The summed E-state index contributed by atoms with van der Waals surface area (Å²) in [5.41, 5.74) is 4.15. The van der Waals surface area contributed by atoms with Gasteiger partial charge in [-0.05, 0) is 43.5 Å². The van der Waals surface area contributed by atoms with Gasteiger partial charge in [0.1, 0.15) is 0 Å². The Bertz CT molecular complexity index is 823. The quantitative estimate of drug-likeness (QED) is 0.853. The van der Waals surface area contributed by atoms with E-state index in [1.807, 2.05) is 36.7 Å². The number of carbonyl (C=O) groups is 2. The molecule has 1 atom stereocenters. The number of hydrogen-bond donors (Lipinski definition) is 1. The first kappa shape index (κ1) is 19.1. The predicted octanol–water partition coefficient (Wildman–Crippen LogP) is 2.79. The Labute approximate surface area is 160 Å². The minimum absolute atomic E-state index is 0.00555. The SMILES string of the molecule is Cc1cc(C)n(CCNC(=O)C2CC(=O)N(c3ccc(C(C)C)cc3)C2)n1. The van der Waals surface area contributed by atoms with Crippen molar-refractivity contribution in [3.8, 4) is 0 Å². The highest BCUT2D eigenvalue weighted by atomic mass is 16.2. The zero-order chi connectivity index (χ0) is 19.6. The lowest BCUT2D eigenvalue weighted by atomic mass is 10.0. The van der Waals surface area contributed by atoms with E-state index in [1.54, 1.807) is 4.90 Å². The van der Waals surface area contributed by atoms with E-state index >= 15 is 0 Å². The number of nitrogens with one attached hydrogen (secondary N) is 1. The molecular formula is C21H28N4O2. The zero-order valence-electron chi connectivity index (χ0n) is 16.5. The monoisotopic (exact) mass is 368 g/mol. The minimum Gasteiger partial charge on any atom is -0.354 e. The fraction of sp³-hybridized carbons (Fsp3) is 0.476. The van der Waals surface area contributed by atoms with Gasteiger partial charge in [-0.1, -0.05) is 26.0 Å². The molecule has 0 aliphatic carbocycles. The van der Waals surface area contributed by atoms with Crippen LogP contribution in [0.1, 0.15) is 43.1 Å². The summed E-state index contributed by atoms with van der Waals surface area (Å²) in [6.45, 7) is 9.81. The molecule has 0 saturated carbocycles. The number of rotatable bonds is 6. The van der Waals surface area contributed by atoms with Crippen LogP contribution in [0.25, 0.3) is 0 Å². The molecule has 1 fully saturated rings. The molecule has 1 saturated heterocycles. The van der Waals surface area contributed by atoms with Crippen LogP contribution in [0.3, 0.4) is 0 Å². The second-order valence-corrected chi connectivity index (χ2v) is 7.59. The number of benzene rings is 1. The van der Waals surface area contributed by atoms with Crippen LogP contribution < -0.4 is 10.2 Å². The summed E-state index contributed by atoms with van der Waals surface area (Å²) >= 11 is 0. The van der Waals surface area contributed by atoms with E-state index in [9.17, 15) is 9.59 Å². The first-order valence-electron chi connectivity index (χ1n) is 9.54. The number of hydrogen-bond acceptors (Lipinski definition) is 3. The van der Waals surface area contributed by atoms with Crippen LogP contribution in [0, 0.1) is 19.8 Å².